The van der Waals surface area contributed by atoms with Crippen molar-refractivity contribution in [2.24, 2.45) is 7.05 Å². The van der Waals surface area contributed by atoms with Crippen LogP contribution >= 0.6 is 23.4 Å². The van der Waals surface area contributed by atoms with E-state index < -0.39 is 5.25 Å². The van der Waals surface area contributed by atoms with Crippen LogP contribution in [0.25, 0.3) is 0 Å². The van der Waals surface area contributed by atoms with Crippen LogP contribution in [0.3, 0.4) is 0 Å². The number of benzene rings is 2. The predicted molar refractivity (Wildman–Crippen MR) is 130 cm³/mol. The zero-order valence-electron chi connectivity index (χ0n) is 18.5. The highest BCUT2D eigenvalue weighted by Crippen LogP contribution is 2.26. The molecule has 3 rings (SSSR count). The Bertz CT molecular complexity index is 1180. The zero-order valence-corrected chi connectivity index (χ0v) is 20.0. The van der Waals surface area contributed by atoms with Crippen molar-refractivity contribution < 1.29 is 14.4 Å². The summed E-state index contributed by atoms with van der Waals surface area (Å²) in [4.78, 5) is 36.8. The highest BCUT2D eigenvalue weighted by atomic mass is 35.5. The van der Waals surface area contributed by atoms with Crippen molar-refractivity contribution in [3.8, 4) is 0 Å². The fourth-order valence-electron chi connectivity index (χ4n) is 2.99. The highest BCUT2D eigenvalue weighted by molar-refractivity contribution is 8.00. The standard InChI is InChI=1S/C23H24ClN5O3S/c1-4-19(22(32)25-16-9-7-8-15(12-16)14(2)30)33-23-28-27-20(29(23)3)13-21(31)26-18-11-6-5-10-17(18)24/h5-12,19H,4,13H2,1-3H3,(H,25,32)(H,26,31). The lowest BCUT2D eigenvalue weighted by atomic mass is 10.1. The van der Waals surface area contributed by atoms with Crippen LogP contribution in [0, 0.1) is 0 Å². The summed E-state index contributed by atoms with van der Waals surface area (Å²) in [6.45, 7) is 3.38. The van der Waals surface area contributed by atoms with Crippen LogP contribution in [0.15, 0.2) is 53.7 Å². The van der Waals surface area contributed by atoms with Gasteiger partial charge in [0.25, 0.3) is 0 Å². The maximum atomic E-state index is 12.8. The molecule has 8 nitrogen and oxygen atoms in total. The number of halogens is 1. The molecular formula is C23H24ClN5O3S. The molecule has 0 aliphatic rings. The van der Waals surface area contributed by atoms with Gasteiger partial charge < -0.3 is 15.2 Å². The molecule has 2 N–H and O–H groups in total. The van der Waals surface area contributed by atoms with Crippen molar-refractivity contribution in [1.82, 2.24) is 14.8 Å². The van der Waals surface area contributed by atoms with Gasteiger partial charge in [0.1, 0.15) is 5.82 Å². The van der Waals surface area contributed by atoms with E-state index in [9.17, 15) is 14.4 Å². The van der Waals surface area contributed by atoms with Gasteiger partial charge in [-0.3, -0.25) is 14.4 Å². The number of ketones is 1. The van der Waals surface area contributed by atoms with Crippen molar-refractivity contribution in [2.45, 2.75) is 37.1 Å². The van der Waals surface area contributed by atoms with Crippen molar-refractivity contribution in [1.29, 1.82) is 0 Å². The second kappa shape index (κ2) is 11.1. The molecule has 172 valence electrons. The summed E-state index contributed by atoms with van der Waals surface area (Å²) in [6.07, 6.45) is 0.564. The lowest BCUT2D eigenvalue weighted by molar-refractivity contribution is -0.116. The number of anilines is 2. The third-order valence-electron chi connectivity index (χ3n) is 4.84. The van der Waals surface area contributed by atoms with E-state index in [4.69, 9.17) is 11.6 Å². The molecule has 3 aromatic rings. The number of hydrogen-bond acceptors (Lipinski definition) is 6. The number of rotatable bonds is 9. The molecule has 2 aromatic carbocycles. The molecule has 1 unspecified atom stereocenters. The van der Waals surface area contributed by atoms with E-state index in [1.807, 2.05) is 6.92 Å². The smallest absolute Gasteiger partial charge is 0.237 e. The molecule has 0 aliphatic carbocycles. The van der Waals surface area contributed by atoms with E-state index >= 15 is 0 Å². The van der Waals surface area contributed by atoms with Crippen LogP contribution in [0.5, 0.6) is 0 Å². The van der Waals surface area contributed by atoms with Gasteiger partial charge in [-0.25, -0.2) is 0 Å². The minimum absolute atomic E-state index is 0.0100. The second-order valence-corrected chi connectivity index (χ2v) is 8.88. The van der Waals surface area contributed by atoms with E-state index in [1.165, 1.54) is 18.7 Å². The first kappa shape index (κ1) is 24.5. The number of thioether (sulfide) groups is 1. The molecule has 1 aromatic heterocycles. The average Bonchev–Trinajstić information content (AvgIpc) is 3.12. The summed E-state index contributed by atoms with van der Waals surface area (Å²) in [6, 6.07) is 13.8. The molecule has 33 heavy (non-hydrogen) atoms. The first-order valence-corrected chi connectivity index (χ1v) is 11.6. The maximum Gasteiger partial charge on any atom is 0.237 e. The number of para-hydroxylation sites is 1. The minimum atomic E-state index is -0.432. The Hall–Kier alpha value is -3.17. The summed E-state index contributed by atoms with van der Waals surface area (Å²) in [5.41, 5.74) is 1.61. The molecule has 2 amide bonds. The molecule has 1 heterocycles. The fourth-order valence-corrected chi connectivity index (χ4v) is 4.11. The van der Waals surface area contributed by atoms with Gasteiger partial charge in [-0.15, -0.1) is 10.2 Å². The SMILES string of the molecule is CCC(Sc1nnc(CC(=O)Nc2ccccc2Cl)n1C)C(=O)Nc1cccc(C(C)=O)c1. The largest absolute Gasteiger partial charge is 0.325 e. The number of nitrogens with one attached hydrogen (secondary N) is 2. The second-order valence-electron chi connectivity index (χ2n) is 7.30. The van der Waals surface area contributed by atoms with Crippen LogP contribution in [0.2, 0.25) is 5.02 Å². The van der Waals surface area contributed by atoms with Crippen molar-refractivity contribution >= 4 is 52.3 Å². The Kier molecular flexibility index (Phi) is 8.24. The molecule has 10 heteroatoms. The van der Waals surface area contributed by atoms with Crippen molar-refractivity contribution in [3.63, 3.8) is 0 Å². The summed E-state index contributed by atoms with van der Waals surface area (Å²) in [7, 11) is 1.75. The third kappa shape index (κ3) is 6.43. The molecule has 0 radical (unpaired) electrons. The Morgan fingerprint density at radius 3 is 2.55 bits per heavy atom. The van der Waals surface area contributed by atoms with Crippen LogP contribution in [-0.4, -0.2) is 37.6 Å². The summed E-state index contributed by atoms with van der Waals surface area (Å²) < 4.78 is 1.70. The van der Waals surface area contributed by atoms with Crippen LogP contribution in [0.4, 0.5) is 11.4 Å². The number of aromatic nitrogens is 3. The topological polar surface area (TPSA) is 106 Å². The lowest BCUT2D eigenvalue weighted by Gasteiger charge is -2.14. The zero-order chi connectivity index (χ0) is 24.0. The Morgan fingerprint density at radius 1 is 1.09 bits per heavy atom. The van der Waals surface area contributed by atoms with Gasteiger partial charge in [-0.2, -0.15) is 0 Å². The quantitative estimate of drug-likeness (QED) is 0.344. The van der Waals surface area contributed by atoms with Crippen LogP contribution in [0.1, 0.15) is 36.5 Å². The highest BCUT2D eigenvalue weighted by Gasteiger charge is 2.22. The van der Waals surface area contributed by atoms with Gasteiger partial charge >= 0.3 is 0 Å². The van der Waals surface area contributed by atoms with E-state index in [0.717, 1.165) is 0 Å². The van der Waals surface area contributed by atoms with Crippen molar-refractivity contribution in [2.75, 3.05) is 10.6 Å². The van der Waals surface area contributed by atoms with E-state index in [0.29, 0.717) is 39.4 Å². The molecular weight excluding hydrogens is 462 g/mol. The number of Topliss-reactive ketones (excluding diaryl/α,β-unsaturated/α-hetero) is 1. The Balaban J connectivity index is 1.64. The minimum Gasteiger partial charge on any atom is -0.325 e. The van der Waals surface area contributed by atoms with Gasteiger partial charge in [0.05, 0.1) is 22.4 Å². The molecule has 0 aliphatic heterocycles. The van der Waals surface area contributed by atoms with Crippen molar-refractivity contribution in [3.05, 3.63) is 64.9 Å². The summed E-state index contributed by atoms with van der Waals surface area (Å²) >= 11 is 7.35. The number of hydrogen-bond donors (Lipinski definition) is 2. The van der Waals surface area contributed by atoms with Gasteiger partial charge in [-0.1, -0.05) is 54.6 Å². The van der Waals surface area contributed by atoms with E-state index in [1.54, 1.807) is 60.1 Å². The predicted octanol–water partition coefficient (Wildman–Crippen LogP) is 4.36. The molecule has 0 spiro atoms. The molecule has 0 fully saturated rings. The number of nitrogens with zero attached hydrogens (tertiary/aromatic N) is 3. The first-order valence-electron chi connectivity index (χ1n) is 10.3. The first-order chi connectivity index (χ1) is 15.8. The maximum absolute atomic E-state index is 12.8. The van der Waals surface area contributed by atoms with E-state index in [2.05, 4.69) is 20.8 Å². The summed E-state index contributed by atoms with van der Waals surface area (Å²) in [5.74, 6) is -0.0846. The molecule has 0 saturated carbocycles. The molecule has 0 bridgehead atoms. The number of carbonyl (C=O) groups excluding carboxylic acids is 3. The summed E-state index contributed by atoms with van der Waals surface area (Å²) in [5, 5.41) is 14.4. The molecule has 0 saturated heterocycles. The van der Waals surface area contributed by atoms with Crippen LogP contribution in [-0.2, 0) is 23.1 Å². The molecule has 1 atom stereocenters. The number of amides is 2. The van der Waals surface area contributed by atoms with E-state index in [-0.39, 0.29) is 24.0 Å². The Morgan fingerprint density at radius 2 is 1.85 bits per heavy atom. The monoisotopic (exact) mass is 485 g/mol. The van der Waals surface area contributed by atoms with Gasteiger partial charge in [0.15, 0.2) is 10.9 Å². The van der Waals surface area contributed by atoms with Gasteiger partial charge in [0, 0.05) is 18.3 Å². The lowest BCUT2D eigenvalue weighted by Crippen LogP contribution is -2.25. The Labute approximate surface area is 201 Å². The van der Waals surface area contributed by atoms with Gasteiger partial charge in [-0.05, 0) is 37.6 Å². The van der Waals surface area contributed by atoms with Gasteiger partial charge in [0.2, 0.25) is 11.8 Å². The number of carbonyl (C=O) groups is 3. The normalized spacial score (nSPS) is 11.6. The average molecular weight is 486 g/mol. The van der Waals surface area contributed by atoms with Crippen LogP contribution < -0.4 is 10.6 Å². The third-order valence-corrected chi connectivity index (χ3v) is 6.57. The fraction of sp³-hybridized carbons (Fsp3) is 0.261.